The Morgan fingerprint density at radius 2 is 1.70 bits per heavy atom. The monoisotopic (exact) mass is 533 g/mol. The number of aromatic amines is 1. The van der Waals surface area contributed by atoms with Gasteiger partial charge in [0, 0.05) is 39.4 Å². The molecular formula is C28H21Cl2N3O4. The van der Waals surface area contributed by atoms with Crippen LogP contribution < -0.4 is 5.56 Å². The lowest BCUT2D eigenvalue weighted by Crippen LogP contribution is -2.27. The molecule has 1 aliphatic rings. The van der Waals surface area contributed by atoms with Gasteiger partial charge in [-0.2, -0.15) is 5.10 Å². The lowest BCUT2D eigenvalue weighted by Gasteiger charge is -2.22. The number of rotatable bonds is 6. The predicted molar refractivity (Wildman–Crippen MR) is 144 cm³/mol. The number of pyridine rings is 1. The zero-order chi connectivity index (χ0) is 26.1. The molecule has 5 rings (SSSR count). The van der Waals surface area contributed by atoms with Crippen molar-refractivity contribution in [2.45, 2.75) is 25.3 Å². The molecule has 0 saturated heterocycles. The molecule has 0 unspecified atom stereocenters. The van der Waals surface area contributed by atoms with Crippen molar-refractivity contribution in [1.82, 2.24) is 9.99 Å². The minimum atomic E-state index is -1.08. The quantitative estimate of drug-likeness (QED) is 0.315. The van der Waals surface area contributed by atoms with Gasteiger partial charge in [-0.3, -0.25) is 14.4 Å². The maximum Gasteiger partial charge on any atom is 0.303 e. The Morgan fingerprint density at radius 3 is 2.43 bits per heavy atom. The average molecular weight is 534 g/mol. The summed E-state index contributed by atoms with van der Waals surface area (Å²) in [5.74, 6) is -1.55. The van der Waals surface area contributed by atoms with Gasteiger partial charge in [-0.25, -0.2) is 5.01 Å². The number of H-pyrrole nitrogens is 1. The summed E-state index contributed by atoms with van der Waals surface area (Å²) in [6.07, 6.45) is -0.348. The molecule has 0 spiro atoms. The van der Waals surface area contributed by atoms with Crippen molar-refractivity contribution >= 4 is 51.7 Å². The fraction of sp³-hybridized carbons (Fsp3) is 0.143. The van der Waals surface area contributed by atoms with E-state index in [1.54, 1.807) is 42.5 Å². The molecule has 37 heavy (non-hydrogen) atoms. The van der Waals surface area contributed by atoms with Crippen molar-refractivity contribution in [2.24, 2.45) is 5.10 Å². The van der Waals surface area contributed by atoms with E-state index in [0.29, 0.717) is 38.0 Å². The molecule has 0 fully saturated rings. The van der Waals surface area contributed by atoms with E-state index >= 15 is 0 Å². The fourth-order valence-electron chi connectivity index (χ4n) is 4.65. The Morgan fingerprint density at radius 1 is 0.973 bits per heavy atom. The van der Waals surface area contributed by atoms with Crippen LogP contribution in [0.25, 0.3) is 22.0 Å². The maximum absolute atomic E-state index is 13.5. The number of aliphatic carboxylic acids is 1. The number of carboxylic acids is 1. The number of nitrogens with zero attached hydrogens (tertiary/aromatic N) is 2. The first kappa shape index (κ1) is 24.7. The van der Waals surface area contributed by atoms with Crippen LogP contribution in [-0.4, -0.2) is 32.7 Å². The molecule has 0 saturated carbocycles. The van der Waals surface area contributed by atoms with Crippen LogP contribution in [0.3, 0.4) is 0 Å². The molecule has 1 atom stereocenters. The number of amides is 1. The van der Waals surface area contributed by atoms with Crippen LogP contribution in [0.1, 0.15) is 36.4 Å². The molecule has 3 aromatic carbocycles. The summed E-state index contributed by atoms with van der Waals surface area (Å²) in [6, 6.07) is 21.2. The summed E-state index contributed by atoms with van der Waals surface area (Å²) in [4.78, 5) is 40.7. The summed E-state index contributed by atoms with van der Waals surface area (Å²) in [5.41, 5.74) is 3.09. The highest BCUT2D eigenvalue weighted by atomic mass is 35.5. The Labute approximate surface area is 222 Å². The fourth-order valence-corrected chi connectivity index (χ4v) is 5.09. The van der Waals surface area contributed by atoms with E-state index in [-0.39, 0.29) is 24.8 Å². The molecule has 2 N–H and O–H groups in total. The number of aromatic nitrogens is 1. The highest BCUT2D eigenvalue weighted by Gasteiger charge is 2.36. The van der Waals surface area contributed by atoms with E-state index in [9.17, 15) is 14.4 Å². The molecule has 0 radical (unpaired) electrons. The molecule has 0 bridgehead atoms. The van der Waals surface area contributed by atoms with Crippen LogP contribution in [0.15, 0.2) is 82.7 Å². The van der Waals surface area contributed by atoms with Gasteiger partial charge in [0.15, 0.2) is 0 Å². The van der Waals surface area contributed by atoms with E-state index in [1.807, 2.05) is 30.3 Å². The van der Waals surface area contributed by atoms with Gasteiger partial charge in [0.25, 0.3) is 5.56 Å². The number of hydrogen-bond donors (Lipinski definition) is 2. The summed E-state index contributed by atoms with van der Waals surface area (Å²) < 4.78 is 0. The first-order chi connectivity index (χ1) is 17.8. The molecule has 1 amide bonds. The van der Waals surface area contributed by atoms with Gasteiger partial charge >= 0.3 is 5.97 Å². The SMILES string of the molecule is O=C(O)CCC(=O)N1N=C(c2c(-c3ccccc3)c3cc(Cl)ccc3[nH]c2=O)C[C@H]1c1ccccc1Cl. The molecule has 186 valence electrons. The van der Waals surface area contributed by atoms with E-state index in [4.69, 9.17) is 28.3 Å². The van der Waals surface area contributed by atoms with Crippen molar-refractivity contribution in [3.05, 3.63) is 104 Å². The predicted octanol–water partition coefficient (Wildman–Crippen LogP) is 6.04. The van der Waals surface area contributed by atoms with Gasteiger partial charge in [-0.05, 0) is 35.4 Å². The number of nitrogens with one attached hydrogen (secondary N) is 1. The van der Waals surface area contributed by atoms with Crippen LogP contribution in [-0.2, 0) is 9.59 Å². The summed E-state index contributed by atoms with van der Waals surface area (Å²) >= 11 is 12.8. The Hall–Kier alpha value is -3.94. The molecule has 4 aromatic rings. The van der Waals surface area contributed by atoms with Gasteiger partial charge in [0.1, 0.15) is 0 Å². The molecule has 1 aromatic heterocycles. The number of carboxylic acid groups (broad SMARTS) is 1. The zero-order valence-electron chi connectivity index (χ0n) is 19.4. The Balaban J connectivity index is 1.71. The lowest BCUT2D eigenvalue weighted by molar-refractivity contribution is -0.141. The number of fused-ring (bicyclic) bond motifs is 1. The van der Waals surface area contributed by atoms with Crippen molar-refractivity contribution < 1.29 is 14.7 Å². The third-order valence-corrected chi connectivity index (χ3v) is 6.89. The van der Waals surface area contributed by atoms with E-state index in [2.05, 4.69) is 10.1 Å². The minimum Gasteiger partial charge on any atom is -0.481 e. The van der Waals surface area contributed by atoms with Crippen molar-refractivity contribution in [1.29, 1.82) is 0 Å². The van der Waals surface area contributed by atoms with Crippen LogP contribution in [0.2, 0.25) is 10.0 Å². The zero-order valence-corrected chi connectivity index (χ0v) is 21.0. The van der Waals surface area contributed by atoms with Gasteiger partial charge in [-0.15, -0.1) is 0 Å². The second-order valence-corrected chi connectivity index (χ2v) is 9.52. The van der Waals surface area contributed by atoms with E-state index in [1.165, 1.54) is 5.01 Å². The normalized spacial score (nSPS) is 15.1. The highest BCUT2D eigenvalue weighted by Crippen LogP contribution is 2.39. The number of benzene rings is 3. The van der Waals surface area contributed by atoms with Crippen LogP contribution in [0.4, 0.5) is 0 Å². The first-order valence-corrected chi connectivity index (χ1v) is 12.4. The summed E-state index contributed by atoms with van der Waals surface area (Å²) in [7, 11) is 0. The number of carbonyl (C=O) groups excluding carboxylic acids is 1. The van der Waals surface area contributed by atoms with Crippen molar-refractivity contribution in [3.63, 3.8) is 0 Å². The molecule has 7 nitrogen and oxygen atoms in total. The van der Waals surface area contributed by atoms with Gasteiger partial charge in [-0.1, -0.05) is 71.7 Å². The standard InChI is InChI=1S/C28H21Cl2N3O4/c29-17-10-11-21-19(14-17)26(16-6-2-1-3-7-16)27(28(37)31-21)22-15-23(18-8-4-5-9-20(18)30)33(32-22)24(34)12-13-25(35)36/h1-11,14,23H,12-13,15H2,(H,31,37)(H,35,36)/t23-/m0/s1. The Kier molecular flexibility index (Phi) is 6.82. The van der Waals surface area contributed by atoms with E-state index in [0.717, 1.165) is 10.9 Å². The Bertz CT molecular complexity index is 1620. The number of carbonyl (C=O) groups is 2. The number of hydrazone groups is 1. The summed E-state index contributed by atoms with van der Waals surface area (Å²) in [5, 5.41) is 16.7. The highest BCUT2D eigenvalue weighted by molar-refractivity contribution is 6.32. The van der Waals surface area contributed by atoms with Gasteiger partial charge in [0.05, 0.1) is 23.7 Å². The van der Waals surface area contributed by atoms with Gasteiger partial charge in [0.2, 0.25) is 5.91 Å². The van der Waals surface area contributed by atoms with Crippen molar-refractivity contribution in [2.75, 3.05) is 0 Å². The summed E-state index contributed by atoms with van der Waals surface area (Å²) in [6.45, 7) is 0. The molecular weight excluding hydrogens is 513 g/mol. The van der Waals surface area contributed by atoms with Crippen molar-refractivity contribution in [3.8, 4) is 11.1 Å². The molecule has 9 heteroatoms. The van der Waals surface area contributed by atoms with E-state index < -0.39 is 17.9 Å². The topological polar surface area (TPSA) is 103 Å². The number of halogens is 2. The second-order valence-electron chi connectivity index (χ2n) is 8.68. The maximum atomic E-state index is 13.5. The number of hydrogen-bond acceptors (Lipinski definition) is 4. The molecule has 0 aliphatic carbocycles. The van der Waals surface area contributed by atoms with Crippen LogP contribution >= 0.6 is 23.2 Å². The second kappa shape index (κ2) is 10.2. The minimum absolute atomic E-state index is 0.220. The largest absolute Gasteiger partial charge is 0.481 e. The third kappa shape index (κ3) is 4.88. The van der Waals surface area contributed by atoms with Crippen LogP contribution in [0, 0.1) is 0 Å². The van der Waals surface area contributed by atoms with Gasteiger partial charge < -0.3 is 10.1 Å². The molecule has 2 heterocycles. The average Bonchev–Trinajstić information content (AvgIpc) is 3.32. The van der Waals surface area contributed by atoms with Crippen LogP contribution in [0.5, 0.6) is 0 Å². The molecule has 1 aliphatic heterocycles. The third-order valence-electron chi connectivity index (χ3n) is 6.31. The lowest BCUT2D eigenvalue weighted by atomic mass is 9.91. The smallest absolute Gasteiger partial charge is 0.303 e. The first-order valence-electron chi connectivity index (χ1n) is 11.6.